The molecule has 0 heterocycles. The Balaban J connectivity index is 0.00000240. The molecule has 2 atom stereocenters. The molecule has 29 heavy (non-hydrogen) atoms. The summed E-state index contributed by atoms with van der Waals surface area (Å²) >= 11 is 0. The van der Waals surface area contributed by atoms with Gasteiger partial charge in [0.05, 0.1) is 5.69 Å². The van der Waals surface area contributed by atoms with Gasteiger partial charge in [0.25, 0.3) is 5.91 Å². The monoisotopic (exact) mass is 410 g/mol. The van der Waals surface area contributed by atoms with Crippen molar-refractivity contribution < 1.29 is 9.18 Å². The molecule has 0 bridgehead atoms. The number of hydrogen-bond donors (Lipinski definition) is 2. The van der Waals surface area contributed by atoms with Gasteiger partial charge < -0.3 is 11.1 Å². The Bertz CT molecular complexity index is 1010. The van der Waals surface area contributed by atoms with Crippen LogP contribution in [0.1, 0.15) is 41.6 Å². The minimum Gasteiger partial charge on any atom is -0.325 e. The third-order valence-electron chi connectivity index (χ3n) is 5.67. The molecular weight excluding hydrogens is 387 g/mol. The van der Waals surface area contributed by atoms with Crippen LogP contribution in [0.5, 0.6) is 0 Å². The molecule has 0 spiro atoms. The van der Waals surface area contributed by atoms with Gasteiger partial charge in [0, 0.05) is 17.0 Å². The quantitative estimate of drug-likeness (QED) is 0.561. The van der Waals surface area contributed by atoms with Crippen LogP contribution < -0.4 is 11.1 Å². The fourth-order valence-electron chi connectivity index (χ4n) is 3.65. The van der Waals surface area contributed by atoms with Crippen molar-refractivity contribution in [1.82, 2.24) is 0 Å². The number of anilines is 1. The topological polar surface area (TPSA) is 55.1 Å². The summed E-state index contributed by atoms with van der Waals surface area (Å²) < 4.78 is 14.5. The SMILES string of the molecule is CCC1(N)CC1c1ccc(NC(=O)c2ccc(-c3ccccc3)cc2)c(F)c1.Cl. The summed E-state index contributed by atoms with van der Waals surface area (Å²) in [6.07, 6.45) is 1.75. The van der Waals surface area contributed by atoms with Crippen molar-refractivity contribution in [3.63, 3.8) is 0 Å². The number of nitrogens with two attached hydrogens (primary N) is 1. The maximum absolute atomic E-state index is 14.5. The number of hydrogen-bond acceptors (Lipinski definition) is 2. The minimum absolute atomic E-state index is 0. The highest BCUT2D eigenvalue weighted by Gasteiger charge is 2.50. The molecular formula is C24H24ClFN2O. The Kier molecular flexibility index (Phi) is 6.06. The van der Waals surface area contributed by atoms with Gasteiger partial charge in [0.1, 0.15) is 5.82 Å². The Morgan fingerprint density at radius 1 is 1.07 bits per heavy atom. The maximum Gasteiger partial charge on any atom is 0.255 e. The predicted molar refractivity (Wildman–Crippen MR) is 118 cm³/mol. The van der Waals surface area contributed by atoms with E-state index in [2.05, 4.69) is 5.32 Å². The van der Waals surface area contributed by atoms with Crippen LogP contribution in [0.25, 0.3) is 11.1 Å². The first-order chi connectivity index (χ1) is 13.5. The third-order valence-corrected chi connectivity index (χ3v) is 5.67. The molecule has 5 heteroatoms. The van der Waals surface area contributed by atoms with Crippen LogP contribution in [-0.4, -0.2) is 11.4 Å². The standard InChI is InChI=1S/C24H23FN2O.ClH/c1-2-24(26)15-20(24)19-12-13-22(21(25)14-19)27-23(28)18-10-8-17(9-11-18)16-6-4-3-5-7-16;/h3-14,20H,2,15,26H2,1H3,(H,27,28);1H. The van der Waals surface area contributed by atoms with Gasteiger partial charge in [0.15, 0.2) is 0 Å². The lowest BCUT2D eigenvalue weighted by atomic mass is 10.0. The molecule has 4 rings (SSSR count). The Labute approximate surface area is 176 Å². The lowest BCUT2D eigenvalue weighted by molar-refractivity contribution is 0.102. The first kappa shape index (κ1) is 21.0. The molecule has 1 fully saturated rings. The van der Waals surface area contributed by atoms with Crippen LogP contribution >= 0.6 is 12.4 Å². The zero-order valence-corrected chi connectivity index (χ0v) is 17.0. The first-order valence-corrected chi connectivity index (χ1v) is 9.55. The van der Waals surface area contributed by atoms with Crippen molar-refractivity contribution in [1.29, 1.82) is 0 Å². The van der Waals surface area contributed by atoms with Crippen LogP contribution in [0.4, 0.5) is 10.1 Å². The van der Waals surface area contributed by atoms with Crippen LogP contribution in [0.15, 0.2) is 72.8 Å². The molecule has 0 aliphatic heterocycles. The van der Waals surface area contributed by atoms with Crippen molar-refractivity contribution >= 4 is 24.0 Å². The van der Waals surface area contributed by atoms with Gasteiger partial charge >= 0.3 is 0 Å². The number of carbonyl (C=O) groups is 1. The summed E-state index contributed by atoms with van der Waals surface area (Å²) in [5.74, 6) is -0.571. The summed E-state index contributed by atoms with van der Waals surface area (Å²) in [7, 11) is 0. The van der Waals surface area contributed by atoms with Gasteiger partial charge in [-0.2, -0.15) is 0 Å². The van der Waals surface area contributed by atoms with E-state index in [0.717, 1.165) is 29.5 Å². The van der Waals surface area contributed by atoms with E-state index in [9.17, 15) is 9.18 Å². The van der Waals surface area contributed by atoms with Crippen molar-refractivity contribution in [3.05, 3.63) is 89.7 Å². The molecule has 0 saturated heterocycles. The number of amides is 1. The first-order valence-electron chi connectivity index (χ1n) is 9.55. The van der Waals surface area contributed by atoms with Gasteiger partial charge in [-0.3, -0.25) is 4.79 Å². The van der Waals surface area contributed by atoms with Gasteiger partial charge in [-0.1, -0.05) is 55.5 Å². The summed E-state index contributed by atoms with van der Waals surface area (Å²) in [4.78, 5) is 12.5. The number of benzene rings is 3. The summed E-state index contributed by atoms with van der Waals surface area (Å²) in [5.41, 5.74) is 9.69. The highest BCUT2D eigenvalue weighted by atomic mass is 35.5. The van der Waals surface area contributed by atoms with Gasteiger partial charge in [0.2, 0.25) is 0 Å². The number of carbonyl (C=O) groups excluding carboxylic acids is 1. The molecule has 1 aliphatic carbocycles. The molecule has 3 N–H and O–H groups in total. The fraction of sp³-hybridized carbons (Fsp3) is 0.208. The molecule has 2 unspecified atom stereocenters. The minimum atomic E-state index is -0.433. The second-order valence-corrected chi connectivity index (χ2v) is 7.48. The van der Waals surface area contributed by atoms with E-state index in [4.69, 9.17) is 5.73 Å². The van der Waals surface area contributed by atoms with Crippen LogP contribution in [0, 0.1) is 5.82 Å². The molecule has 3 nitrogen and oxygen atoms in total. The highest BCUT2D eigenvalue weighted by Crippen LogP contribution is 2.51. The van der Waals surface area contributed by atoms with Gasteiger partial charge in [-0.15, -0.1) is 12.4 Å². The Hall–Kier alpha value is -2.69. The molecule has 0 radical (unpaired) electrons. The molecule has 3 aromatic rings. The molecule has 1 aliphatic rings. The third kappa shape index (κ3) is 4.34. The molecule has 0 aromatic heterocycles. The smallest absolute Gasteiger partial charge is 0.255 e. The van der Waals surface area contributed by atoms with Gasteiger partial charge in [-0.05, 0) is 53.8 Å². The van der Waals surface area contributed by atoms with Gasteiger partial charge in [-0.25, -0.2) is 4.39 Å². The zero-order valence-electron chi connectivity index (χ0n) is 16.2. The number of nitrogens with one attached hydrogen (secondary N) is 1. The lowest BCUT2D eigenvalue weighted by Gasteiger charge is -2.11. The zero-order chi connectivity index (χ0) is 19.7. The van der Waals surface area contributed by atoms with Crippen molar-refractivity contribution in [2.45, 2.75) is 31.2 Å². The van der Waals surface area contributed by atoms with E-state index in [0.29, 0.717) is 5.56 Å². The van der Waals surface area contributed by atoms with Crippen LogP contribution in [0.3, 0.4) is 0 Å². The number of halogens is 2. The largest absolute Gasteiger partial charge is 0.325 e. The predicted octanol–water partition coefficient (Wildman–Crippen LogP) is 5.76. The normalized spacial score (nSPS) is 19.9. The van der Waals surface area contributed by atoms with E-state index in [-0.39, 0.29) is 35.5 Å². The van der Waals surface area contributed by atoms with E-state index in [1.165, 1.54) is 6.07 Å². The molecule has 1 saturated carbocycles. The van der Waals surface area contributed by atoms with E-state index < -0.39 is 5.82 Å². The maximum atomic E-state index is 14.5. The Morgan fingerprint density at radius 3 is 2.31 bits per heavy atom. The average Bonchev–Trinajstić information content (AvgIpc) is 3.42. The fourth-order valence-corrected chi connectivity index (χ4v) is 3.65. The molecule has 1 amide bonds. The summed E-state index contributed by atoms with van der Waals surface area (Å²) in [6.45, 7) is 2.05. The Morgan fingerprint density at radius 2 is 1.72 bits per heavy atom. The van der Waals surface area contributed by atoms with Crippen molar-refractivity contribution in [2.24, 2.45) is 5.73 Å². The molecule has 150 valence electrons. The van der Waals surface area contributed by atoms with Crippen LogP contribution in [-0.2, 0) is 0 Å². The van der Waals surface area contributed by atoms with Crippen molar-refractivity contribution in [2.75, 3.05) is 5.32 Å². The highest BCUT2D eigenvalue weighted by molar-refractivity contribution is 6.04. The van der Waals surface area contributed by atoms with E-state index in [1.54, 1.807) is 18.2 Å². The lowest BCUT2D eigenvalue weighted by Crippen LogP contribution is -2.22. The van der Waals surface area contributed by atoms with E-state index >= 15 is 0 Å². The average molecular weight is 411 g/mol. The second kappa shape index (κ2) is 8.36. The van der Waals surface area contributed by atoms with Crippen molar-refractivity contribution in [3.8, 4) is 11.1 Å². The van der Waals surface area contributed by atoms with Crippen LogP contribution in [0.2, 0.25) is 0 Å². The summed E-state index contributed by atoms with van der Waals surface area (Å²) in [5, 5.41) is 2.66. The summed E-state index contributed by atoms with van der Waals surface area (Å²) in [6, 6.07) is 22.2. The second-order valence-electron chi connectivity index (χ2n) is 7.48. The number of rotatable bonds is 5. The van der Waals surface area contributed by atoms with E-state index in [1.807, 2.05) is 55.5 Å². The molecule has 3 aromatic carbocycles.